The highest BCUT2D eigenvalue weighted by molar-refractivity contribution is 6.04. The van der Waals surface area contributed by atoms with Crippen molar-refractivity contribution in [1.82, 2.24) is 19.8 Å². The number of aromatic nitrogens is 2. The van der Waals surface area contributed by atoms with E-state index in [1.54, 1.807) is 41.3 Å². The van der Waals surface area contributed by atoms with E-state index in [9.17, 15) is 9.59 Å². The van der Waals surface area contributed by atoms with Gasteiger partial charge >= 0.3 is 6.09 Å². The molecular formula is C25H27N5O3. The number of nitrogens with zero attached hydrogens (tertiary/aromatic N) is 4. The fraction of sp³-hybridized carbons (Fsp3) is 0.280. The molecule has 1 fully saturated rings. The van der Waals surface area contributed by atoms with Crippen LogP contribution >= 0.6 is 0 Å². The van der Waals surface area contributed by atoms with Crippen LogP contribution in [0.3, 0.4) is 0 Å². The number of nitrogens with one attached hydrogen (secondary N) is 1. The van der Waals surface area contributed by atoms with Crippen LogP contribution in [0.4, 0.5) is 10.5 Å². The number of amides is 2. The summed E-state index contributed by atoms with van der Waals surface area (Å²) >= 11 is 0. The van der Waals surface area contributed by atoms with E-state index in [2.05, 4.69) is 32.3 Å². The molecule has 0 spiro atoms. The third-order valence-electron chi connectivity index (χ3n) is 5.51. The van der Waals surface area contributed by atoms with E-state index in [-0.39, 0.29) is 11.8 Å². The monoisotopic (exact) mass is 445 g/mol. The van der Waals surface area contributed by atoms with Gasteiger partial charge in [-0.15, -0.1) is 0 Å². The Bertz CT molecular complexity index is 1060. The number of carbonyl (C=O) groups is 2. The lowest BCUT2D eigenvalue weighted by atomic mass is 10.2. The standard InChI is InChI=1S/C25H27N5O3/c1-19-7-8-21(26-17-19)11-12-29-13-15-30(16-14-29)25(32)33-23-10-9-22(18-27-23)28-24(31)20-5-3-2-4-6-20/h2-10,17-18H,11-16H2,1H3,(H,28,31). The second-order valence-corrected chi connectivity index (χ2v) is 7.98. The molecule has 3 heterocycles. The predicted molar refractivity (Wildman–Crippen MR) is 125 cm³/mol. The second-order valence-electron chi connectivity index (χ2n) is 7.98. The summed E-state index contributed by atoms with van der Waals surface area (Å²) in [7, 11) is 0. The number of hydrogen-bond acceptors (Lipinski definition) is 6. The summed E-state index contributed by atoms with van der Waals surface area (Å²) < 4.78 is 5.41. The highest BCUT2D eigenvalue weighted by Gasteiger charge is 2.23. The number of carbonyl (C=O) groups excluding carboxylic acids is 2. The molecule has 1 N–H and O–H groups in total. The van der Waals surface area contributed by atoms with Gasteiger partial charge in [0.05, 0.1) is 11.9 Å². The molecule has 0 aliphatic carbocycles. The van der Waals surface area contributed by atoms with E-state index in [0.29, 0.717) is 24.3 Å². The largest absolute Gasteiger partial charge is 0.416 e. The fourth-order valence-corrected chi connectivity index (χ4v) is 3.53. The average Bonchev–Trinajstić information content (AvgIpc) is 2.85. The van der Waals surface area contributed by atoms with Gasteiger partial charge < -0.3 is 15.0 Å². The van der Waals surface area contributed by atoms with Crippen molar-refractivity contribution in [2.24, 2.45) is 0 Å². The van der Waals surface area contributed by atoms with Gasteiger partial charge in [-0.2, -0.15) is 0 Å². The van der Waals surface area contributed by atoms with Crippen LogP contribution in [-0.4, -0.2) is 64.5 Å². The van der Waals surface area contributed by atoms with Crippen molar-refractivity contribution in [2.45, 2.75) is 13.3 Å². The Hall–Kier alpha value is -3.78. The molecule has 0 atom stereocenters. The number of rotatable bonds is 6. The van der Waals surface area contributed by atoms with E-state index in [0.717, 1.165) is 37.3 Å². The average molecular weight is 446 g/mol. The third kappa shape index (κ3) is 6.36. The fourth-order valence-electron chi connectivity index (χ4n) is 3.53. The van der Waals surface area contributed by atoms with E-state index in [1.165, 1.54) is 6.20 Å². The lowest BCUT2D eigenvalue weighted by Gasteiger charge is -2.33. The van der Waals surface area contributed by atoms with Crippen LogP contribution in [-0.2, 0) is 6.42 Å². The van der Waals surface area contributed by atoms with Gasteiger partial charge in [-0.05, 0) is 36.8 Å². The van der Waals surface area contributed by atoms with Gasteiger partial charge in [0.1, 0.15) is 0 Å². The lowest BCUT2D eigenvalue weighted by Crippen LogP contribution is -2.50. The Kier molecular flexibility index (Phi) is 7.26. The summed E-state index contributed by atoms with van der Waals surface area (Å²) in [5.74, 6) is -0.0243. The van der Waals surface area contributed by atoms with Gasteiger partial charge in [-0.3, -0.25) is 14.7 Å². The zero-order valence-corrected chi connectivity index (χ0v) is 18.6. The number of ether oxygens (including phenoxy) is 1. The van der Waals surface area contributed by atoms with Crippen molar-refractivity contribution < 1.29 is 14.3 Å². The van der Waals surface area contributed by atoms with Gasteiger partial charge in [0.15, 0.2) is 0 Å². The molecule has 0 saturated carbocycles. The van der Waals surface area contributed by atoms with Gasteiger partial charge in [-0.1, -0.05) is 24.3 Å². The van der Waals surface area contributed by atoms with E-state index < -0.39 is 6.09 Å². The van der Waals surface area contributed by atoms with Crippen molar-refractivity contribution in [3.05, 3.63) is 83.8 Å². The maximum absolute atomic E-state index is 12.5. The quantitative estimate of drug-likeness (QED) is 0.626. The smallest absolute Gasteiger partial charge is 0.391 e. The highest BCUT2D eigenvalue weighted by atomic mass is 16.6. The highest BCUT2D eigenvalue weighted by Crippen LogP contribution is 2.15. The first-order valence-corrected chi connectivity index (χ1v) is 11.0. The number of pyridine rings is 2. The molecule has 1 aliphatic rings. The molecule has 2 amide bonds. The van der Waals surface area contributed by atoms with E-state index >= 15 is 0 Å². The minimum Gasteiger partial charge on any atom is -0.391 e. The zero-order valence-electron chi connectivity index (χ0n) is 18.6. The normalized spacial score (nSPS) is 14.0. The first-order valence-electron chi connectivity index (χ1n) is 11.0. The first-order chi connectivity index (χ1) is 16.1. The molecule has 1 aliphatic heterocycles. The van der Waals surface area contributed by atoms with Crippen molar-refractivity contribution in [2.75, 3.05) is 38.0 Å². The van der Waals surface area contributed by atoms with Crippen molar-refractivity contribution in [1.29, 1.82) is 0 Å². The Labute approximate surface area is 193 Å². The van der Waals surface area contributed by atoms with Gasteiger partial charge in [0.25, 0.3) is 5.91 Å². The number of benzene rings is 1. The van der Waals surface area contributed by atoms with E-state index in [1.807, 2.05) is 19.2 Å². The number of anilines is 1. The molecule has 0 bridgehead atoms. The molecule has 0 radical (unpaired) electrons. The van der Waals surface area contributed by atoms with Crippen LogP contribution in [0.5, 0.6) is 5.88 Å². The molecule has 4 rings (SSSR count). The molecule has 1 aromatic carbocycles. The molecule has 33 heavy (non-hydrogen) atoms. The predicted octanol–water partition coefficient (Wildman–Crippen LogP) is 3.40. The maximum atomic E-state index is 12.5. The Balaban J connectivity index is 1.21. The first kappa shape index (κ1) is 22.4. The molecule has 0 unspecified atom stereocenters. The third-order valence-corrected chi connectivity index (χ3v) is 5.51. The summed E-state index contributed by atoms with van der Waals surface area (Å²) in [6.45, 7) is 5.73. The van der Waals surface area contributed by atoms with E-state index in [4.69, 9.17) is 4.74 Å². The van der Waals surface area contributed by atoms with Crippen LogP contribution in [0.15, 0.2) is 67.0 Å². The topological polar surface area (TPSA) is 87.7 Å². The molecule has 3 aromatic rings. The molecule has 170 valence electrons. The van der Waals surface area contributed by atoms with Crippen molar-refractivity contribution >= 4 is 17.7 Å². The number of piperazine rings is 1. The molecule has 1 saturated heterocycles. The van der Waals surface area contributed by atoms with Crippen LogP contribution in [0.1, 0.15) is 21.6 Å². The van der Waals surface area contributed by atoms with Crippen LogP contribution in [0, 0.1) is 6.92 Å². The minimum absolute atomic E-state index is 0.200. The Morgan fingerprint density at radius 2 is 1.73 bits per heavy atom. The summed E-state index contributed by atoms with van der Waals surface area (Å²) in [5, 5.41) is 2.77. The maximum Gasteiger partial charge on any atom is 0.416 e. The van der Waals surface area contributed by atoms with Crippen molar-refractivity contribution in [3.8, 4) is 5.88 Å². The lowest BCUT2D eigenvalue weighted by molar-refractivity contribution is 0.102. The zero-order chi connectivity index (χ0) is 23.0. The number of aryl methyl sites for hydroxylation is 1. The van der Waals surface area contributed by atoms with Crippen LogP contribution in [0.2, 0.25) is 0 Å². The van der Waals surface area contributed by atoms with Gasteiger partial charge in [0, 0.05) is 62.7 Å². The van der Waals surface area contributed by atoms with Crippen LogP contribution < -0.4 is 10.1 Å². The summed E-state index contributed by atoms with van der Waals surface area (Å²) in [5.41, 5.74) is 3.33. The second kappa shape index (κ2) is 10.7. The van der Waals surface area contributed by atoms with Crippen LogP contribution in [0.25, 0.3) is 0 Å². The molecule has 8 heteroatoms. The summed E-state index contributed by atoms with van der Waals surface area (Å²) in [6, 6.07) is 16.3. The number of hydrogen-bond donors (Lipinski definition) is 1. The molecule has 2 aromatic heterocycles. The van der Waals surface area contributed by atoms with Gasteiger partial charge in [0.2, 0.25) is 5.88 Å². The minimum atomic E-state index is -0.413. The SMILES string of the molecule is Cc1ccc(CCN2CCN(C(=O)Oc3ccc(NC(=O)c4ccccc4)cn3)CC2)nc1. The summed E-state index contributed by atoms with van der Waals surface area (Å²) in [6.07, 6.45) is 3.84. The Morgan fingerprint density at radius 3 is 2.39 bits per heavy atom. The summed E-state index contributed by atoms with van der Waals surface area (Å²) in [4.78, 5) is 37.3. The Morgan fingerprint density at radius 1 is 0.939 bits per heavy atom. The molecular weight excluding hydrogens is 418 g/mol. The van der Waals surface area contributed by atoms with Gasteiger partial charge in [-0.25, -0.2) is 9.78 Å². The van der Waals surface area contributed by atoms with Crippen molar-refractivity contribution in [3.63, 3.8) is 0 Å². The molecule has 8 nitrogen and oxygen atoms in total.